The molecule has 3 nitrogen and oxygen atoms in total. The monoisotopic (exact) mass is 218 g/mol. The molecule has 2 aromatic rings. The van der Waals surface area contributed by atoms with Gasteiger partial charge >= 0.3 is 0 Å². The summed E-state index contributed by atoms with van der Waals surface area (Å²) in [5, 5.41) is 4.10. The highest BCUT2D eigenvalue weighted by atomic mass is 19.1. The Morgan fingerprint density at radius 2 is 2.06 bits per heavy atom. The SMILES string of the molecule is CCn1ncc(C=O)c1-c1ccc(F)cc1. The van der Waals surface area contributed by atoms with Crippen LogP contribution in [0.15, 0.2) is 30.5 Å². The van der Waals surface area contributed by atoms with E-state index < -0.39 is 0 Å². The smallest absolute Gasteiger partial charge is 0.153 e. The minimum Gasteiger partial charge on any atom is -0.298 e. The first-order valence-corrected chi connectivity index (χ1v) is 5.03. The van der Waals surface area contributed by atoms with E-state index in [1.54, 1.807) is 16.8 Å². The molecule has 0 fully saturated rings. The average molecular weight is 218 g/mol. The lowest BCUT2D eigenvalue weighted by Crippen LogP contribution is -2.00. The molecule has 0 aliphatic heterocycles. The molecule has 4 heteroatoms. The number of hydrogen-bond donors (Lipinski definition) is 0. The summed E-state index contributed by atoms with van der Waals surface area (Å²) in [6.07, 6.45) is 2.28. The molecule has 0 aliphatic carbocycles. The van der Waals surface area contributed by atoms with E-state index in [1.165, 1.54) is 18.3 Å². The molecule has 2 rings (SSSR count). The molecular weight excluding hydrogens is 207 g/mol. The van der Waals surface area contributed by atoms with E-state index in [9.17, 15) is 9.18 Å². The van der Waals surface area contributed by atoms with Gasteiger partial charge in [0.1, 0.15) is 5.82 Å². The van der Waals surface area contributed by atoms with Crippen molar-refractivity contribution in [3.63, 3.8) is 0 Å². The summed E-state index contributed by atoms with van der Waals surface area (Å²) >= 11 is 0. The summed E-state index contributed by atoms with van der Waals surface area (Å²) < 4.78 is 14.5. The van der Waals surface area contributed by atoms with Crippen molar-refractivity contribution in [1.82, 2.24) is 9.78 Å². The maximum absolute atomic E-state index is 12.8. The zero-order valence-electron chi connectivity index (χ0n) is 8.85. The number of hydrogen-bond acceptors (Lipinski definition) is 2. The Labute approximate surface area is 92.5 Å². The number of carbonyl (C=O) groups excluding carboxylic acids is 1. The van der Waals surface area contributed by atoms with Crippen LogP contribution in [0.3, 0.4) is 0 Å². The van der Waals surface area contributed by atoms with Gasteiger partial charge in [-0.3, -0.25) is 9.48 Å². The van der Waals surface area contributed by atoms with Gasteiger partial charge in [-0.2, -0.15) is 5.10 Å². The fraction of sp³-hybridized carbons (Fsp3) is 0.167. The van der Waals surface area contributed by atoms with Crippen LogP contribution in [0.4, 0.5) is 4.39 Å². The van der Waals surface area contributed by atoms with Crippen molar-refractivity contribution in [1.29, 1.82) is 0 Å². The summed E-state index contributed by atoms with van der Waals surface area (Å²) in [4.78, 5) is 10.9. The Bertz CT molecular complexity index is 502. The van der Waals surface area contributed by atoms with Crippen molar-refractivity contribution in [2.24, 2.45) is 0 Å². The Morgan fingerprint density at radius 1 is 1.38 bits per heavy atom. The molecule has 0 unspecified atom stereocenters. The predicted octanol–water partition coefficient (Wildman–Crippen LogP) is 2.52. The van der Waals surface area contributed by atoms with Crippen LogP contribution in [0.5, 0.6) is 0 Å². The van der Waals surface area contributed by atoms with Gasteiger partial charge in [0.25, 0.3) is 0 Å². The molecule has 0 saturated carbocycles. The van der Waals surface area contributed by atoms with Gasteiger partial charge in [-0.1, -0.05) is 0 Å². The van der Waals surface area contributed by atoms with Gasteiger partial charge in [0.15, 0.2) is 6.29 Å². The van der Waals surface area contributed by atoms with E-state index in [1.807, 2.05) is 6.92 Å². The van der Waals surface area contributed by atoms with Crippen molar-refractivity contribution >= 4 is 6.29 Å². The van der Waals surface area contributed by atoms with Gasteiger partial charge < -0.3 is 0 Å². The average Bonchev–Trinajstić information content (AvgIpc) is 2.73. The topological polar surface area (TPSA) is 34.9 Å². The summed E-state index contributed by atoms with van der Waals surface area (Å²) in [7, 11) is 0. The van der Waals surface area contributed by atoms with E-state index in [2.05, 4.69) is 5.10 Å². The fourth-order valence-electron chi connectivity index (χ4n) is 1.65. The van der Waals surface area contributed by atoms with Crippen LogP contribution in [0.1, 0.15) is 17.3 Å². The molecule has 0 spiro atoms. The molecule has 0 saturated heterocycles. The first-order chi connectivity index (χ1) is 7.76. The molecular formula is C12H11FN2O. The quantitative estimate of drug-likeness (QED) is 0.742. The third-order valence-corrected chi connectivity index (χ3v) is 2.41. The molecule has 16 heavy (non-hydrogen) atoms. The summed E-state index contributed by atoms with van der Waals surface area (Å²) in [5.74, 6) is -0.293. The highest BCUT2D eigenvalue weighted by molar-refractivity contribution is 5.85. The molecule has 0 aliphatic rings. The molecule has 0 bridgehead atoms. The van der Waals surface area contributed by atoms with E-state index in [-0.39, 0.29) is 5.82 Å². The first kappa shape index (κ1) is 10.5. The van der Waals surface area contributed by atoms with Crippen LogP contribution >= 0.6 is 0 Å². The van der Waals surface area contributed by atoms with Gasteiger partial charge in [0.05, 0.1) is 17.5 Å². The predicted molar refractivity (Wildman–Crippen MR) is 58.7 cm³/mol. The number of carbonyl (C=O) groups is 1. The molecule has 0 atom stereocenters. The third kappa shape index (κ3) is 1.74. The molecule has 82 valence electrons. The summed E-state index contributed by atoms with van der Waals surface area (Å²) in [6.45, 7) is 2.61. The van der Waals surface area contributed by atoms with Gasteiger partial charge in [0, 0.05) is 12.1 Å². The lowest BCUT2D eigenvalue weighted by atomic mass is 10.1. The number of rotatable bonds is 3. The van der Waals surface area contributed by atoms with Crippen LogP contribution < -0.4 is 0 Å². The lowest BCUT2D eigenvalue weighted by Gasteiger charge is -2.05. The van der Waals surface area contributed by atoms with Crippen LogP contribution in [-0.4, -0.2) is 16.1 Å². The van der Waals surface area contributed by atoms with Crippen LogP contribution in [0.25, 0.3) is 11.3 Å². The second kappa shape index (κ2) is 4.26. The van der Waals surface area contributed by atoms with Gasteiger partial charge in [-0.25, -0.2) is 4.39 Å². The number of aldehydes is 1. The molecule has 1 aromatic heterocycles. The molecule has 0 amide bonds. The highest BCUT2D eigenvalue weighted by Crippen LogP contribution is 2.22. The zero-order valence-corrected chi connectivity index (χ0v) is 8.85. The molecule has 0 radical (unpaired) electrons. The summed E-state index contributed by atoms with van der Waals surface area (Å²) in [6, 6.07) is 6.03. The number of halogens is 1. The zero-order chi connectivity index (χ0) is 11.5. The highest BCUT2D eigenvalue weighted by Gasteiger charge is 2.11. The number of aryl methyl sites for hydroxylation is 1. The number of nitrogens with zero attached hydrogens (tertiary/aromatic N) is 2. The lowest BCUT2D eigenvalue weighted by molar-refractivity contribution is 0.112. The molecule has 1 heterocycles. The fourth-order valence-corrected chi connectivity index (χ4v) is 1.65. The van der Waals surface area contributed by atoms with Crippen molar-refractivity contribution in [3.05, 3.63) is 41.8 Å². The number of benzene rings is 1. The largest absolute Gasteiger partial charge is 0.298 e. The Balaban J connectivity index is 2.57. The minimum absolute atomic E-state index is 0.293. The van der Waals surface area contributed by atoms with Crippen molar-refractivity contribution < 1.29 is 9.18 Å². The second-order valence-corrected chi connectivity index (χ2v) is 3.39. The first-order valence-electron chi connectivity index (χ1n) is 5.03. The maximum Gasteiger partial charge on any atom is 0.153 e. The van der Waals surface area contributed by atoms with Crippen molar-refractivity contribution in [2.45, 2.75) is 13.5 Å². The second-order valence-electron chi connectivity index (χ2n) is 3.39. The van der Waals surface area contributed by atoms with Crippen LogP contribution in [0, 0.1) is 5.82 Å². The Morgan fingerprint density at radius 3 is 2.62 bits per heavy atom. The standard InChI is InChI=1S/C12H11FN2O/c1-2-15-12(10(8-16)7-14-15)9-3-5-11(13)6-4-9/h3-8H,2H2,1H3. The van der Waals surface area contributed by atoms with E-state index >= 15 is 0 Å². The molecule has 1 aromatic carbocycles. The van der Waals surface area contributed by atoms with Crippen LogP contribution in [0.2, 0.25) is 0 Å². The van der Waals surface area contributed by atoms with E-state index in [0.717, 1.165) is 17.5 Å². The summed E-state index contributed by atoms with van der Waals surface area (Å²) in [5.41, 5.74) is 2.05. The molecule has 0 N–H and O–H groups in total. The van der Waals surface area contributed by atoms with Gasteiger partial charge in [0.2, 0.25) is 0 Å². The van der Waals surface area contributed by atoms with Crippen molar-refractivity contribution in [3.8, 4) is 11.3 Å². The van der Waals surface area contributed by atoms with Gasteiger partial charge in [-0.15, -0.1) is 0 Å². The minimum atomic E-state index is -0.293. The maximum atomic E-state index is 12.8. The number of aromatic nitrogens is 2. The third-order valence-electron chi connectivity index (χ3n) is 2.41. The van der Waals surface area contributed by atoms with Crippen molar-refractivity contribution in [2.75, 3.05) is 0 Å². The Hall–Kier alpha value is -1.97. The van der Waals surface area contributed by atoms with E-state index in [0.29, 0.717) is 12.1 Å². The Kier molecular flexibility index (Phi) is 2.81. The van der Waals surface area contributed by atoms with Gasteiger partial charge in [-0.05, 0) is 31.2 Å². The van der Waals surface area contributed by atoms with E-state index in [4.69, 9.17) is 0 Å². The van der Waals surface area contributed by atoms with Crippen LogP contribution in [-0.2, 0) is 6.54 Å². The normalized spacial score (nSPS) is 10.4.